The quantitative estimate of drug-likeness (QED) is 0.437. The zero-order valence-corrected chi connectivity index (χ0v) is 14.4. The number of phenols is 1. The predicted octanol–water partition coefficient (Wildman–Crippen LogP) is 5.88. The third-order valence-electron chi connectivity index (χ3n) is 3.86. The van der Waals surface area contributed by atoms with Gasteiger partial charge in [-0.25, -0.2) is 0 Å². The van der Waals surface area contributed by atoms with Crippen molar-refractivity contribution in [2.24, 2.45) is 4.99 Å². The van der Waals surface area contributed by atoms with Crippen molar-refractivity contribution in [1.29, 1.82) is 0 Å². The number of hydrogen-bond donors (Lipinski definition) is 1. The van der Waals surface area contributed by atoms with Crippen LogP contribution in [-0.2, 0) is 0 Å². The highest BCUT2D eigenvalue weighted by Crippen LogP contribution is 2.17. The van der Waals surface area contributed by atoms with Crippen molar-refractivity contribution >= 4 is 11.9 Å². The molecule has 0 aliphatic heterocycles. The summed E-state index contributed by atoms with van der Waals surface area (Å²) in [6.45, 7) is 3.02. The molecule has 0 saturated heterocycles. The van der Waals surface area contributed by atoms with Crippen LogP contribution in [0.1, 0.15) is 51.0 Å². The molecule has 0 aromatic heterocycles. The predicted molar refractivity (Wildman–Crippen MR) is 101 cm³/mol. The SMILES string of the molecule is CCCCCCCCOc1ccc(C=Nc2ccc(O)cc2)cc1. The monoisotopic (exact) mass is 325 g/mol. The van der Waals surface area contributed by atoms with Gasteiger partial charge >= 0.3 is 0 Å². The molecule has 0 unspecified atom stereocenters. The van der Waals surface area contributed by atoms with E-state index in [-0.39, 0.29) is 5.75 Å². The molecule has 0 radical (unpaired) electrons. The lowest BCUT2D eigenvalue weighted by atomic mass is 10.1. The number of aromatic hydroxyl groups is 1. The van der Waals surface area contributed by atoms with Gasteiger partial charge in [-0.3, -0.25) is 4.99 Å². The molecule has 2 aromatic rings. The van der Waals surface area contributed by atoms with Crippen LogP contribution in [0.3, 0.4) is 0 Å². The number of aliphatic imine (C=N–C) groups is 1. The van der Waals surface area contributed by atoms with Crippen LogP contribution >= 0.6 is 0 Å². The third-order valence-corrected chi connectivity index (χ3v) is 3.86. The fraction of sp³-hybridized carbons (Fsp3) is 0.381. The lowest BCUT2D eigenvalue weighted by Gasteiger charge is -2.06. The van der Waals surface area contributed by atoms with Crippen LogP contribution in [0.5, 0.6) is 11.5 Å². The molecule has 0 atom stereocenters. The van der Waals surface area contributed by atoms with Gasteiger partial charge in [-0.15, -0.1) is 0 Å². The van der Waals surface area contributed by atoms with Crippen molar-refractivity contribution in [3.8, 4) is 11.5 Å². The van der Waals surface area contributed by atoms with Gasteiger partial charge in [0.15, 0.2) is 0 Å². The van der Waals surface area contributed by atoms with E-state index in [4.69, 9.17) is 4.74 Å². The Morgan fingerprint density at radius 3 is 2.25 bits per heavy atom. The highest BCUT2D eigenvalue weighted by Gasteiger charge is 1.96. The highest BCUT2D eigenvalue weighted by molar-refractivity contribution is 5.82. The maximum absolute atomic E-state index is 9.25. The van der Waals surface area contributed by atoms with Crippen molar-refractivity contribution in [3.63, 3.8) is 0 Å². The summed E-state index contributed by atoms with van der Waals surface area (Å²) < 4.78 is 5.77. The molecule has 1 N–H and O–H groups in total. The van der Waals surface area contributed by atoms with Gasteiger partial charge in [-0.05, 0) is 60.5 Å². The van der Waals surface area contributed by atoms with Gasteiger partial charge in [0.2, 0.25) is 0 Å². The first kappa shape index (κ1) is 18.1. The largest absolute Gasteiger partial charge is 0.508 e. The number of nitrogens with zero attached hydrogens (tertiary/aromatic N) is 1. The number of phenolic OH excluding ortho intramolecular Hbond substituents is 1. The third kappa shape index (κ3) is 6.86. The lowest BCUT2D eigenvalue weighted by molar-refractivity contribution is 0.304. The molecule has 0 saturated carbocycles. The zero-order valence-electron chi connectivity index (χ0n) is 14.4. The molecule has 3 heteroatoms. The Balaban J connectivity index is 1.71. The van der Waals surface area contributed by atoms with E-state index in [1.54, 1.807) is 24.3 Å². The summed E-state index contributed by atoms with van der Waals surface area (Å²) in [6, 6.07) is 14.8. The number of benzene rings is 2. The number of rotatable bonds is 10. The van der Waals surface area contributed by atoms with Crippen molar-refractivity contribution in [2.75, 3.05) is 6.61 Å². The molecule has 0 amide bonds. The van der Waals surface area contributed by atoms with Crippen LogP contribution in [0.25, 0.3) is 0 Å². The van der Waals surface area contributed by atoms with E-state index in [1.807, 2.05) is 30.5 Å². The highest BCUT2D eigenvalue weighted by atomic mass is 16.5. The minimum atomic E-state index is 0.251. The summed E-state index contributed by atoms with van der Waals surface area (Å²) in [7, 11) is 0. The van der Waals surface area contributed by atoms with Crippen LogP contribution < -0.4 is 4.74 Å². The van der Waals surface area contributed by atoms with Crippen LogP contribution in [0.2, 0.25) is 0 Å². The molecular formula is C21H27NO2. The standard InChI is InChI=1S/C21H27NO2/c1-2-3-4-5-6-7-16-24-21-14-8-18(9-15-21)17-22-19-10-12-20(23)13-11-19/h8-15,17,23H,2-7,16H2,1H3. The summed E-state index contributed by atoms with van der Waals surface area (Å²) in [5.41, 5.74) is 1.84. The van der Waals surface area contributed by atoms with E-state index in [1.165, 1.54) is 32.1 Å². The van der Waals surface area contributed by atoms with Crippen LogP contribution in [-0.4, -0.2) is 17.9 Å². The Morgan fingerprint density at radius 1 is 0.875 bits per heavy atom. The molecule has 0 aliphatic carbocycles. The Labute approximate surface area is 145 Å². The average molecular weight is 325 g/mol. The molecular weight excluding hydrogens is 298 g/mol. The van der Waals surface area contributed by atoms with Gasteiger partial charge in [-0.2, -0.15) is 0 Å². The molecule has 2 aromatic carbocycles. The molecule has 0 fully saturated rings. The van der Waals surface area contributed by atoms with E-state index in [9.17, 15) is 5.11 Å². The molecule has 3 nitrogen and oxygen atoms in total. The first-order valence-corrected chi connectivity index (χ1v) is 8.84. The van der Waals surface area contributed by atoms with Gasteiger partial charge in [0.05, 0.1) is 12.3 Å². The number of ether oxygens (including phenoxy) is 1. The normalized spacial score (nSPS) is 11.0. The average Bonchev–Trinajstić information content (AvgIpc) is 2.61. The molecule has 24 heavy (non-hydrogen) atoms. The summed E-state index contributed by atoms with van der Waals surface area (Å²) in [5, 5.41) is 9.25. The second kappa shape index (κ2) is 10.5. The summed E-state index contributed by atoms with van der Waals surface area (Å²) in [6.07, 6.45) is 9.46. The maximum atomic E-state index is 9.25. The van der Waals surface area contributed by atoms with E-state index < -0.39 is 0 Å². The Bertz CT molecular complexity index is 603. The second-order valence-electron chi connectivity index (χ2n) is 5.96. The number of unbranched alkanes of at least 4 members (excludes halogenated alkanes) is 5. The first-order chi connectivity index (χ1) is 11.8. The molecule has 0 spiro atoms. The lowest BCUT2D eigenvalue weighted by Crippen LogP contribution is -1.97. The molecule has 2 rings (SSSR count). The van der Waals surface area contributed by atoms with Crippen molar-refractivity contribution in [3.05, 3.63) is 54.1 Å². The minimum Gasteiger partial charge on any atom is -0.508 e. The van der Waals surface area contributed by atoms with Gasteiger partial charge in [0, 0.05) is 6.21 Å². The summed E-state index contributed by atoms with van der Waals surface area (Å²) in [4.78, 5) is 4.38. The Hall–Kier alpha value is -2.29. The van der Waals surface area contributed by atoms with Crippen LogP contribution in [0.15, 0.2) is 53.5 Å². The van der Waals surface area contributed by atoms with E-state index in [0.29, 0.717) is 0 Å². The van der Waals surface area contributed by atoms with Gasteiger partial charge in [0.1, 0.15) is 11.5 Å². The fourth-order valence-electron chi connectivity index (χ4n) is 2.41. The smallest absolute Gasteiger partial charge is 0.119 e. The summed E-state index contributed by atoms with van der Waals surface area (Å²) in [5.74, 6) is 1.16. The van der Waals surface area contributed by atoms with Crippen LogP contribution in [0.4, 0.5) is 5.69 Å². The van der Waals surface area contributed by atoms with Gasteiger partial charge < -0.3 is 9.84 Å². The molecule has 0 heterocycles. The van der Waals surface area contributed by atoms with Crippen molar-refractivity contribution in [2.45, 2.75) is 45.4 Å². The topological polar surface area (TPSA) is 41.8 Å². The van der Waals surface area contributed by atoms with E-state index in [0.717, 1.165) is 30.0 Å². The van der Waals surface area contributed by atoms with E-state index >= 15 is 0 Å². The van der Waals surface area contributed by atoms with Gasteiger partial charge in [0.25, 0.3) is 0 Å². The zero-order chi connectivity index (χ0) is 17.0. The second-order valence-corrected chi connectivity index (χ2v) is 5.96. The molecule has 128 valence electrons. The molecule has 0 aliphatic rings. The maximum Gasteiger partial charge on any atom is 0.119 e. The fourth-order valence-corrected chi connectivity index (χ4v) is 2.41. The van der Waals surface area contributed by atoms with Crippen molar-refractivity contribution in [1.82, 2.24) is 0 Å². The van der Waals surface area contributed by atoms with Crippen LogP contribution in [0, 0.1) is 0 Å². The summed E-state index contributed by atoms with van der Waals surface area (Å²) >= 11 is 0. The van der Waals surface area contributed by atoms with Gasteiger partial charge in [-0.1, -0.05) is 39.0 Å². The van der Waals surface area contributed by atoms with E-state index in [2.05, 4.69) is 11.9 Å². The molecule has 0 bridgehead atoms. The minimum absolute atomic E-state index is 0.251. The first-order valence-electron chi connectivity index (χ1n) is 8.84. The Kier molecular flexibility index (Phi) is 7.88. The van der Waals surface area contributed by atoms with Crippen molar-refractivity contribution < 1.29 is 9.84 Å². The Morgan fingerprint density at radius 2 is 1.54 bits per heavy atom. The number of hydrogen-bond acceptors (Lipinski definition) is 3.